The van der Waals surface area contributed by atoms with Crippen LogP contribution in [0.1, 0.15) is 52.6 Å². The average molecular weight is 494 g/mol. The number of carbonyl (C=O) groups excluding carboxylic acids is 1. The Hall–Kier alpha value is -3.64. The van der Waals surface area contributed by atoms with Crippen LogP contribution in [0.5, 0.6) is 0 Å². The Balaban J connectivity index is 1.57. The van der Waals surface area contributed by atoms with E-state index in [-0.39, 0.29) is 28.3 Å². The van der Waals surface area contributed by atoms with Gasteiger partial charge in [-0.3, -0.25) is 9.48 Å². The smallest absolute Gasteiger partial charge is 0.258 e. The van der Waals surface area contributed by atoms with Gasteiger partial charge in [-0.05, 0) is 44.4 Å². The fourth-order valence-corrected chi connectivity index (χ4v) is 5.92. The molecule has 1 aromatic carbocycles. The fourth-order valence-electron chi connectivity index (χ4n) is 5.48. The van der Waals surface area contributed by atoms with Crippen LogP contribution in [0.25, 0.3) is 11.1 Å². The van der Waals surface area contributed by atoms with Gasteiger partial charge in [0, 0.05) is 60.3 Å². The average Bonchev–Trinajstić information content (AvgIpc) is 3.52. The summed E-state index contributed by atoms with van der Waals surface area (Å²) in [4.78, 5) is 18.4. The number of hydrogen-bond donors (Lipinski definition) is 2. The number of aromatic nitrogens is 3. The van der Waals surface area contributed by atoms with E-state index in [1.54, 1.807) is 20.2 Å². The number of anilines is 2. The van der Waals surface area contributed by atoms with Gasteiger partial charge in [-0.25, -0.2) is 9.37 Å². The predicted octanol–water partition coefficient (Wildman–Crippen LogP) is 4.29. The van der Waals surface area contributed by atoms with Crippen molar-refractivity contribution in [3.63, 3.8) is 0 Å². The first kappa shape index (κ1) is 23.1. The van der Waals surface area contributed by atoms with Crippen LogP contribution in [0.3, 0.4) is 0 Å². The van der Waals surface area contributed by atoms with Crippen LogP contribution in [-0.4, -0.2) is 46.2 Å². The van der Waals surface area contributed by atoms with Crippen LogP contribution in [0, 0.1) is 24.1 Å². The number of nitrogen functional groups attached to an aromatic ring is 1. The Kier molecular flexibility index (Phi) is 5.44. The van der Waals surface area contributed by atoms with E-state index in [4.69, 9.17) is 17.3 Å². The Morgan fingerprint density at radius 3 is 2.86 bits per heavy atom. The summed E-state index contributed by atoms with van der Waals surface area (Å²) in [7, 11) is 3.09. The zero-order chi connectivity index (χ0) is 25.1. The summed E-state index contributed by atoms with van der Waals surface area (Å²) in [5.41, 5.74) is 8.35. The molecule has 0 bridgehead atoms. The lowest BCUT2D eigenvalue weighted by molar-refractivity contribution is 0.0824. The van der Waals surface area contributed by atoms with E-state index < -0.39 is 11.7 Å². The second-order valence-corrected chi connectivity index (χ2v) is 9.94. The first-order valence-corrected chi connectivity index (χ1v) is 11.7. The summed E-state index contributed by atoms with van der Waals surface area (Å²) in [5, 5.41) is 17.5. The van der Waals surface area contributed by atoms with E-state index in [0.717, 1.165) is 30.5 Å². The molecule has 5 rings (SSSR count). The molecule has 0 saturated heterocycles. The second kappa shape index (κ2) is 8.24. The Morgan fingerprint density at radius 1 is 1.40 bits per heavy atom. The van der Waals surface area contributed by atoms with Crippen molar-refractivity contribution in [2.45, 2.75) is 37.6 Å². The molecule has 2 atom stereocenters. The van der Waals surface area contributed by atoms with E-state index >= 15 is 4.39 Å². The van der Waals surface area contributed by atoms with Gasteiger partial charge in [0.25, 0.3) is 5.91 Å². The van der Waals surface area contributed by atoms with Gasteiger partial charge >= 0.3 is 0 Å². The summed E-state index contributed by atoms with van der Waals surface area (Å²) in [6.07, 6.45) is 4.01. The summed E-state index contributed by atoms with van der Waals surface area (Å²) in [5.74, 6) is -0.544. The van der Waals surface area contributed by atoms with Crippen molar-refractivity contribution in [2.24, 2.45) is 0 Å². The maximum atomic E-state index is 15.6. The third-order valence-electron chi connectivity index (χ3n) is 7.19. The molecule has 1 fully saturated rings. The third-order valence-corrected chi connectivity index (χ3v) is 7.58. The molecular formula is C25H25ClFN7O. The van der Waals surface area contributed by atoms with Crippen LogP contribution in [0.4, 0.5) is 15.9 Å². The Bertz CT molecular complexity index is 1410. The lowest BCUT2D eigenvalue weighted by atomic mass is 9.80. The van der Waals surface area contributed by atoms with E-state index in [1.165, 1.54) is 23.2 Å². The van der Waals surface area contributed by atoms with E-state index in [9.17, 15) is 10.1 Å². The maximum absolute atomic E-state index is 15.6. The molecule has 10 heteroatoms. The van der Waals surface area contributed by atoms with Crippen molar-refractivity contribution in [1.82, 2.24) is 19.7 Å². The van der Waals surface area contributed by atoms with E-state index in [2.05, 4.69) is 21.5 Å². The molecule has 2 aromatic heterocycles. The van der Waals surface area contributed by atoms with Gasteiger partial charge in [-0.15, -0.1) is 0 Å². The highest BCUT2D eigenvalue weighted by Gasteiger charge is 2.48. The lowest BCUT2D eigenvalue weighted by Gasteiger charge is -2.25. The summed E-state index contributed by atoms with van der Waals surface area (Å²) < 4.78 is 17.6. The summed E-state index contributed by atoms with van der Waals surface area (Å²) in [6, 6.07) is 7.06. The van der Waals surface area contributed by atoms with Crippen LogP contribution >= 0.6 is 11.6 Å². The Labute approximate surface area is 207 Å². The number of nitrogens with one attached hydrogen (secondary N) is 1. The zero-order valence-corrected chi connectivity index (χ0v) is 20.4. The molecule has 1 spiro atoms. The summed E-state index contributed by atoms with van der Waals surface area (Å²) >= 11 is 6.98. The molecule has 1 aliphatic carbocycles. The largest absolute Gasteiger partial charge is 0.398 e. The molecule has 2 unspecified atom stereocenters. The van der Waals surface area contributed by atoms with Crippen molar-refractivity contribution in [3.05, 3.63) is 57.8 Å². The first-order valence-electron chi connectivity index (χ1n) is 11.4. The highest BCUT2D eigenvalue weighted by atomic mass is 35.5. The minimum absolute atomic E-state index is 0.0679. The third kappa shape index (κ3) is 3.51. The number of aryl methyl sites for hydroxylation is 1. The van der Waals surface area contributed by atoms with Gasteiger partial charge in [-0.2, -0.15) is 10.4 Å². The monoisotopic (exact) mass is 493 g/mol. The van der Waals surface area contributed by atoms with Gasteiger partial charge in [0.1, 0.15) is 17.7 Å². The predicted molar refractivity (Wildman–Crippen MR) is 132 cm³/mol. The molecule has 35 heavy (non-hydrogen) atoms. The van der Waals surface area contributed by atoms with Gasteiger partial charge in [0.15, 0.2) is 5.69 Å². The number of benzene rings is 1. The molecule has 3 N–H and O–H groups in total. The number of rotatable bonds is 3. The SMILES string of the molecule is Cc1cc(C#N)nn1C1CCC2(CNc3ncc(-c4ccc(N)c(C(=O)N(C)C)c4F)c(Cl)c32)C1. The highest BCUT2D eigenvalue weighted by molar-refractivity contribution is 6.34. The number of nitrogens with two attached hydrogens (primary N) is 1. The normalized spacial score (nSPS) is 20.5. The number of halogens is 2. The zero-order valence-electron chi connectivity index (χ0n) is 19.7. The van der Waals surface area contributed by atoms with Crippen molar-refractivity contribution in [1.29, 1.82) is 5.26 Å². The first-order chi connectivity index (χ1) is 16.7. The molecule has 1 saturated carbocycles. The molecule has 3 aromatic rings. The van der Waals surface area contributed by atoms with Gasteiger partial charge < -0.3 is 16.0 Å². The maximum Gasteiger partial charge on any atom is 0.258 e. The highest BCUT2D eigenvalue weighted by Crippen LogP contribution is 2.54. The van der Waals surface area contributed by atoms with E-state index in [1.807, 2.05) is 11.6 Å². The van der Waals surface area contributed by atoms with Crippen molar-refractivity contribution in [3.8, 4) is 17.2 Å². The molecule has 1 amide bonds. The fraction of sp³-hybridized carbons (Fsp3) is 0.360. The van der Waals surface area contributed by atoms with Gasteiger partial charge in [0.2, 0.25) is 0 Å². The lowest BCUT2D eigenvalue weighted by Crippen LogP contribution is -2.26. The molecular weight excluding hydrogens is 469 g/mol. The number of nitriles is 1. The molecule has 0 radical (unpaired) electrons. The number of amides is 1. The van der Waals surface area contributed by atoms with Crippen LogP contribution in [0.15, 0.2) is 24.4 Å². The molecule has 8 nitrogen and oxygen atoms in total. The number of fused-ring (bicyclic) bond motifs is 2. The van der Waals surface area contributed by atoms with Gasteiger partial charge in [0.05, 0.1) is 16.6 Å². The number of nitrogens with zero attached hydrogens (tertiary/aromatic N) is 5. The van der Waals surface area contributed by atoms with Crippen LogP contribution in [0.2, 0.25) is 5.02 Å². The van der Waals surface area contributed by atoms with Crippen LogP contribution < -0.4 is 11.1 Å². The summed E-state index contributed by atoms with van der Waals surface area (Å²) in [6.45, 7) is 2.61. The molecule has 180 valence electrons. The molecule has 2 aliphatic rings. The van der Waals surface area contributed by atoms with Crippen LogP contribution in [-0.2, 0) is 5.41 Å². The van der Waals surface area contributed by atoms with Crippen molar-refractivity contribution < 1.29 is 9.18 Å². The van der Waals surface area contributed by atoms with Crippen molar-refractivity contribution >= 4 is 29.0 Å². The topological polar surface area (TPSA) is 113 Å². The number of carbonyl (C=O) groups is 1. The van der Waals surface area contributed by atoms with E-state index in [0.29, 0.717) is 28.6 Å². The number of hydrogen-bond acceptors (Lipinski definition) is 6. The van der Waals surface area contributed by atoms with Gasteiger partial charge in [-0.1, -0.05) is 11.6 Å². The quantitative estimate of drug-likeness (QED) is 0.526. The molecule has 3 heterocycles. The van der Waals surface area contributed by atoms with Crippen molar-refractivity contribution in [2.75, 3.05) is 31.7 Å². The minimum atomic E-state index is -0.715. The molecule has 1 aliphatic heterocycles. The minimum Gasteiger partial charge on any atom is -0.398 e. The number of pyridine rings is 1. The Morgan fingerprint density at radius 2 is 2.17 bits per heavy atom. The second-order valence-electron chi connectivity index (χ2n) is 9.56. The standard InChI is InChI=1S/C25H25ClFN7O/c1-13-8-14(10-28)32-34(13)15-6-7-25(9-15)12-31-23-20(25)21(26)17(11-30-23)16-4-5-18(29)19(22(16)27)24(35)33(2)3/h4-5,8,11,15H,6-7,9,12,29H2,1-3H3,(H,30,31).